The summed E-state index contributed by atoms with van der Waals surface area (Å²) in [7, 11) is 0. The summed E-state index contributed by atoms with van der Waals surface area (Å²) >= 11 is 4.80. The van der Waals surface area contributed by atoms with Gasteiger partial charge >= 0.3 is 0 Å². The molecule has 0 fully saturated rings. The first-order valence-electron chi connectivity index (χ1n) is 5.30. The van der Waals surface area contributed by atoms with Crippen LogP contribution in [0.4, 0.5) is 5.13 Å². The van der Waals surface area contributed by atoms with Crippen LogP contribution in [0.5, 0.6) is 0 Å². The molecule has 0 spiro atoms. The fraction of sp³-hybridized carbons (Fsp3) is 0.0769. The van der Waals surface area contributed by atoms with Crippen LogP contribution in [0.25, 0.3) is 6.08 Å². The van der Waals surface area contributed by atoms with Gasteiger partial charge in [-0.15, -0.1) is 11.3 Å². The molecule has 18 heavy (non-hydrogen) atoms. The third-order valence-corrected chi connectivity index (χ3v) is 3.49. The van der Waals surface area contributed by atoms with Crippen molar-refractivity contribution >= 4 is 44.4 Å². The van der Waals surface area contributed by atoms with E-state index in [-0.39, 0.29) is 5.91 Å². The zero-order valence-electron chi connectivity index (χ0n) is 9.68. The van der Waals surface area contributed by atoms with Gasteiger partial charge in [-0.2, -0.15) is 0 Å². The van der Waals surface area contributed by atoms with Crippen LogP contribution in [0.2, 0.25) is 0 Å². The molecule has 0 saturated carbocycles. The van der Waals surface area contributed by atoms with E-state index in [0.29, 0.717) is 5.13 Å². The number of thiazole rings is 1. The first-order chi connectivity index (χ1) is 8.63. The van der Waals surface area contributed by atoms with Crippen molar-refractivity contribution in [1.82, 2.24) is 4.98 Å². The van der Waals surface area contributed by atoms with Gasteiger partial charge in [0.1, 0.15) is 0 Å². The SMILES string of the molecule is Cc1csc(NC(=O)/C=C\c2cccc(Br)c2)n1. The number of aryl methyl sites for hydroxylation is 1. The van der Waals surface area contributed by atoms with Gasteiger partial charge in [-0.1, -0.05) is 28.1 Å². The molecule has 0 saturated heterocycles. The average molecular weight is 323 g/mol. The Morgan fingerprint density at radius 1 is 1.50 bits per heavy atom. The Hall–Kier alpha value is -1.46. The van der Waals surface area contributed by atoms with Gasteiger partial charge in [-0.3, -0.25) is 10.1 Å². The Morgan fingerprint density at radius 3 is 3.00 bits per heavy atom. The first-order valence-corrected chi connectivity index (χ1v) is 6.97. The lowest BCUT2D eigenvalue weighted by molar-refractivity contribution is -0.111. The van der Waals surface area contributed by atoms with E-state index in [0.717, 1.165) is 15.7 Å². The summed E-state index contributed by atoms with van der Waals surface area (Å²) in [6, 6.07) is 7.74. The fourth-order valence-corrected chi connectivity index (χ4v) is 2.45. The smallest absolute Gasteiger partial charge is 0.250 e. The molecule has 2 rings (SSSR count). The Bertz CT molecular complexity index is 592. The number of rotatable bonds is 3. The summed E-state index contributed by atoms with van der Waals surface area (Å²) in [6.45, 7) is 1.89. The lowest BCUT2D eigenvalue weighted by atomic mass is 10.2. The van der Waals surface area contributed by atoms with E-state index in [2.05, 4.69) is 26.2 Å². The minimum absolute atomic E-state index is 0.177. The van der Waals surface area contributed by atoms with Crippen molar-refractivity contribution in [3.8, 4) is 0 Å². The molecule has 0 aliphatic heterocycles. The predicted octanol–water partition coefficient (Wildman–Crippen LogP) is 3.87. The molecule has 1 heterocycles. The molecule has 0 aliphatic rings. The summed E-state index contributed by atoms with van der Waals surface area (Å²) in [6.07, 6.45) is 3.26. The number of nitrogens with zero attached hydrogens (tertiary/aromatic N) is 1. The van der Waals surface area contributed by atoms with Crippen molar-refractivity contribution in [3.63, 3.8) is 0 Å². The maximum absolute atomic E-state index is 11.6. The van der Waals surface area contributed by atoms with Crippen molar-refractivity contribution in [2.24, 2.45) is 0 Å². The number of carbonyl (C=O) groups is 1. The molecule has 0 aliphatic carbocycles. The largest absolute Gasteiger partial charge is 0.298 e. The van der Waals surface area contributed by atoms with E-state index < -0.39 is 0 Å². The maximum Gasteiger partial charge on any atom is 0.250 e. The second-order valence-corrected chi connectivity index (χ2v) is 5.45. The quantitative estimate of drug-likeness (QED) is 0.872. The number of amides is 1. The molecular weight excluding hydrogens is 312 g/mol. The standard InChI is InChI=1S/C13H11BrN2OS/c1-9-8-18-13(15-9)16-12(17)6-5-10-3-2-4-11(14)7-10/h2-8H,1H3,(H,15,16,17)/b6-5-. The van der Waals surface area contributed by atoms with Crippen molar-refractivity contribution in [3.05, 3.63) is 51.5 Å². The first kappa shape index (κ1) is 13.0. The van der Waals surface area contributed by atoms with E-state index in [1.54, 1.807) is 6.08 Å². The lowest BCUT2D eigenvalue weighted by Gasteiger charge is -1.96. The van der Waals surface area contributed by atoms with Crippen LogP contribution in [0.1, 0.15) is 11.3 Å². The van der Waals surface area contributed by atoms with Gasteiger partial charge in [-0.25, -0.2) is 4.98 Å². The molecule has 0 radical (unpaired) electrons. The van der Waals surface area contributed by atoms with Gasteiger partial charge in [0.15, 0.2) is 5.13 Å². The predicted molar refractivity (Wildman–Crippen MR) is 78.7 cm³/mol. The molecule has 1 aromatic carbocycles. The number of aromatic nitrogens is 1. The Balaban J connectivity index is 1.99. The van der Waals surface area contributed by atoms with E-state index >= 15 is 0 Å². The number of nitrogens with one attached hydrogen (secondary N) is 1. The fourth-order valence-electron chi connectivity index (χ4n) is 1.34. The lowest BCUT2D eigenvalue weighted by Crippen LogP contribution is -2.07. The number of benzene rings is 1. The van der Waals surface area contributed by atoms with Crippen molar-refractivity contribution < 1.29 is 4.79 Å². The zero-order valence-corrected chi connectivity index (χ0v) is 12.1. The molecule has 1 aromatic heterocycles. The number of halogens is 1. The summed E-state index contributed by atoms with van der Waals surface area (Å²) in [5, 5.41) is 5.24. The molecule has 1 N–H and O–H groups in total. The molecular formula is C13H11BrN2OS. The maximum atomic E-state index is 11.6. The molecule has 2 aromatic rings. The van der Waals surface area contributed by atoms with E-state index in [1.165, 1.54) is 17.4 Å². The topological polar surface area (TPSA) is 42.0 Å². The highest BCUT2D eigenvalue weighted by molar-refractivity contribution is 9.10. The number of anilines is 1. The van der Waals surface area contributed by atoms with Gasteiger partial charge in [0, 0.05) is 15.9 Å². The third-order valence-electron chi connectivity index (χ3n) is 2.12. The number of carbonyl (C=O) groups excluding carboxylic acids is 1. The molecule has 5 heteroatoms. The second kappa shape index (κ2) is 5.93. The van der Waals surface area contributed by atoms with Crippen LogP contribution in [0, 0.1) is 6.92 Å². The highest BCUT2D eigenvalue weighted by atomic mass is 79.9. The van der Waals surface area contributed by atoms with Crippen molar-refractivity contribution in [2.75, 3.05) is 5.32 Å². The Morgan fingerprint density at radius 2 is 2.33 bits per heavy atom. The van der Waals surface area contributed by atoms with Gasteiger partial charge in [0.05, 0.1) is 5.69 Å². The number of hydrogen-bond donors (Lipinski definition) is 1. The summed E-state index contributed by atoms with van der Waals surface area (Å²) in [4.78, 5) is 15.8. The average Bonchev–Trinajstić information content (AvgIpc) is 2.72. The van der Waals surface area contributed by atoms with Crippen LogP contribution >= 0.6 is 27.3 Å². The van der Waals surface area contributed by atoms with Gasteiger partial charge < -0.3 is 0 Å². The third kappa shape index (κ3) is 3.78. The second-order valence-electron chi connectivity index (χ2n) is 3.67. The molecule has 92 valence electrons. The Labute approximate surface area is 118 Å². The molecule has 1 amide bonds. The van der Waals surface area contributed by atoms with Gasteiger partial charge in [0.25, 0.3) is 0 Å². The molecule has 0 bridgehead atoms. The molecule has 3 nitrogen and oxygen atoms in total. The minimum Gasteiger partial charge on any atom is -0.298 e. The van der Waals surface area contributed by atoms with Crippen LogP contribution < -0.4 is 5.32 Å². The summed E-state index contributed by atoms with van der Waals surface area (Å²) in [5.74, 6) is -0.177. The number of hydrogen-bond acceptors (Lipinski definition) is 3. The molecule has 0 unspecified atom stereocenters. The summed E-state index contributed by atoms with van der Waals surface area (Å²) in [5.41, 5.74) is 1.88. The normalized spacial score (nSPS) is 10.8. The van der Waals surface area contributed by atoms with Crippen LogP contribution in [0.15, 0.2) is 40.2 Å². The van der Waals surface area contributed by atoms with Crippen LogP contribution in [-0.2, 0) is 4.79 Å². The van der Waals surface area contributed by atoms with E-state index in [1.807, 2.05) is 36.6 Å². The minimum atomic E-state index is -0.177. The summed E-state index contributed by atoms with van der Waals surface area (Å²) < 4.78 is 0.987. The van der Waals surface area contributed by atoms with Gasteiger partial charge in [0.2, 0.25) is 5.91 Å². The zero-order chi connectivity index (χ0) is 13.0. The van der Waals surface area contributed by atoms with Crippen molar-refractivity contribution in [2.45, 2.75) is 6.92 Å². The van der Waals surface area contributed by atoms with Crippen LogP contribution in [0.3, 0.4) is 0 Å². The van der Waals surface area contributed by atoms with Gasteiger partial charge in [-0.05, 0) is 30.7 Å². The van der Waals surface area contributed by atoms with E-state index in [9.17, 15) is 4.79 Å². The van der Waals surface area contributed by atoms with Crippen LogP contribution in [-0.4, -0.2) is 10.9 Å². The Kier molecular flexibility index (Phi) is 4.28. The highest BCUT2D eigenvalue weighted by Gasteiger charge is 2.01. The molecule has 0 atom stereocenters. The van der Waals surface area contributed by atoms with E-state index in [4.69, 9.17) is 0 Å². The highest BCUT2D eigenvalue weighted by Crippen LogP contribution is 2.15. The monoisotopic (exact) mass is 322 g/mol. The van der Waals surface area contributed by atoms with Crippen molar-refractivity contribution in [1.29, 1.82) is 0 Å².